The van der Waals surface area contributed by atoms with Crippen LogP contribution in [0.5, 0.6) is 0 Å². The van der Waals surface area contributed by atoms with Crippen molar-refractivity contribution in [2.24, 2.45) is 0 Å². The van der Waals surface area contributed by atoms with Crippen LogP contribution in [0.2, 0.25) is 0 Å². The Bertz CT molecular complexity index is 645. The average molecular weight is 324 g/mol. The topological polar surface area (TPSA) is 155 Å². The molecule has 2 heterocycles. The van der Waals surface area contributed by atoms with Crippen molar-refractivity contribution in [3.63, 3.8) is 0 Å². The fourth-order valence-electron chi connectivity index (χ4n) is 2.07. The molecule has 0 aliphatic carbocycles. The molecular formula is C10H14FN2O7P. The lowest BCUT2D eigenvalue weighted by Crippen LogP contribution is -2.34. The fraction of sp³-hybridized carbons (Fsp3) is 0.500. The van der Waals surface area contributed by atoms with E-state index < -0.39 is 43.3 Å². The Labute approximate surface area is 117 Å². The van der Waals surface area contributed by atoms with Gasteiger partial charge >= 0.3 is 7.60 Å². The molecule has 11 heteroatoms. The lowest BCUT2D eigenvalue weighted by atomic mass is 10.2. The molecule has 0 radical (unpaired) electrons. The van der Waals surface area contributed by atoms with Crippen molar-refractivity contribution in [2.45, 2.75) is 30.7 Å². The van der Waals surface area contributed by atoms with E-state index in [1.54, 1.807) is 0 Å². The van der Waals surface area contributed by atoms with E-state index >= 15 is 0 Å². The molecule has 1 aliphatic heterocycles. The number of aromatic nitrogens is 1. The van der Waals surface area contributed by atoms with Crippen molar-refractivity contribution in [1.82, 2.24) is 4.57 Å². The molecule has 1 fully saturated rings. The summed E-state index contributed by atoms with van der Waals surface area (Å²) >= 11 is 0. The van der Waals surface area contributed by atoms with Crippen molar-refractivity contribution >= 4 is 13.3 Å². The first-order valence-corrected chi connectivity index (χ1v) is 7.54. The smallest absolute Gasteiger partial charge is 0.356 e. The lowest BCUT2D eigenvalue weighted by Gasteiger charge is -2.22. The van der Waals surface area contributed by atoms with Gasteiger partial charge in [-0.1, -0.05) is 0 Å². The van der Waals surface area contributed by atoms with Gasteiger partial charge < -0.3 is 30.5 Å². The van der Waals surface area contributed by atoms with E-state index in [1.165, 1.54) is 0 Å². The number of nitrogen functional groups attached to an aromatic ring is 1. The van der Waals surface area contributed by atoms with Crippen LogP contribution in [-0.2, 0) is 9.30 Å². The van der Waals surface area contributed by atoms with E-state index in [0.29, 0.717) is 0 Å². The maximum atomic E-state index is 13.4. The largest absolute Gasteiger partial charge is 0.396 e. The Kier molecular flexibility index (Phi) is 4.20. The van der Waals surface area contributed by atoms with Crippen molar-refractivity contribution in [2.75, 3.05) is 5.73 Å². The third kappa shape index (κ3) is 3.00. The van der Waals surface area contributed by atoms with Gasteiger partial charge in [-0.15, -0.1) is 0 Å². The van der Waals surface area contributed by atoms with Gasteiger partial charge in [0.05, 0.1) is 11.8 Å². The predicted octanol–water partition coefficient (Wildman–Crippen LogP) is -1.29. The zero-order chi connectivity index (χ0) is 15.9. The second-order valence-electron chi connectivity index (χ2n) is 4.66. The summed E-state index contributed by atoms with van der Waals surface area (Å²) in [5, 5.41) is 19.2. The van der Waals surface area contributed by atoms with Crippen LogP contribution in [0.3, 0.4) is 0 Å². The number of hydrogen-bond acceptors (Lipinski definition) is 6. The zero-order valence-electron chi connectivity index (χ0n) is 10.5. The molecule has 0 spiro atoms. The first kappa shape index (κ1) is 16.1. The number of aliphatic hydroxyl groups excluding tert-OH is 2. The molecule has 4 atom stereocenters. The molecule has 1 aromatic heterocycles. The zero-order valence-corrected chi connectivity index (χ0v) is 11.4. The molecule has 0 aromatic carbocycles. The number of rotatable bonds is 3. The van der Waals surface area contributed by atoms with Crippen molar-refractivity contribution in [1.29, 1.82) is 0 Å². The fourth-order valence-corrected chi connectivity index (χ4v) is 2.72. The first-order valence-electron chi connectivity index (χ1n) is 5.86. The van der Waals surface area contributed by atoms with E-state index in [0.717, 1.165) is 16.8 Å². The number of anilines is 1. The monoisotopic (exact) mass is 324 g/mol. The highest BCUT2D eigenvalue weighted by molar-refractivity contribution is 7.52. The molecule has 1 aromatic rings. The van der Waals surface area contributed by atoms with Crippen molar-refractivity contribution < 1.29 is 33.7 Å². The third-order valence-electron chi connectivity index (χ3n) is 3.18. The highest BCUT2D eigenvalue weighted by Gasteiger charge is 2.46. The van der Waals surface area contributed by atoms with Crippen LogP contribution in [0, 0.1) is 5.82 Å². The number of hydrogen-bond donors (Lipinski definition) is 5. The minimum Gasteiger partial charge on any atom is -0.396 e. The van der Waals surface area contributed by atoms with Gasteiger partial charge in [0.2, 0.25) is 5.82 Å². The van der Waals surface area contributed by atoms with Crippen LogP contribution in [0.15, 0.2) is 17.1 Å². The Morgan fingerprint density at radius 3 is 2.71 bits per heavy atom. The lowest BCUT2D eigenvalue weighted by molar-refractivity contribution is -0.0643. The minimum atomic E-state index is -4.90. The van der Waals surface area contributed by atoms with Gasteiger partial charge in [0.25, 0.3) is 5.56 Å². The molecule has 0 amide bonds. The van der Waals surface area contributed by atoms with Crippen LogP contribution in [0.25, 0.3) is 0 Å². The van der Waals surface area contributed by atoms with Gasteiger partial charge in [0.1, 0.15) is 12.3 Å². The SMILES string of the molecule is Nc1ccn([C@@H]2C[C@H](O)[C@@H](C(O)P(=O)(O)O)O2)c(=O)c1F. The molecule has 118 valence electrons. The Morgan fingerprint density at radius 2 is 2.14 bits per heavy atom. The number of pyridine rings is 1. The van der Waals surface area contributed by atoms with E-state index in [9.17, 15) is 24.0 Å². The van der Waals surface area contributed by atoms with Gasteiger partial charge in [0, 0.05) is 12.6 Å². The van der Waals surface area contributed by atoms with Crippen molar-refractivity contribution in [3.8, 4) is 0 Å². The maximum Gasteiger partial charge on any atom is 0.356 e. The average Bonchev–Trinajstić information content (AvgIpc) is 2.76. The molecule has 6 N–H and O–H groups in total. The van der Waals surface area contributed by atoms with E-state index in [-0.39, 0.29) is 12.1 Å². The number of nitrogens with zero attached hydrogens (tertiary/aromatic N) is 1. The van der Waals surface area contributed by atoms with Crippen LogP contribution in [0.4, 0.5) is 10.1 Å². The summed E-state index contributed by atoms with van der Waals surface area (Å²) in [5.74, 6) is -3.44. The minimum absolute atomic E-state index is 0.245. The highest BCUT2D eigenvalue weighted by Crippen LogP contribution is 2.46. The normalized spacial score (nSPS) is 27.8. The van der Waals surface area contributed by atoms with Gasteiger partial charge in [-0.05, 0) is 6.07 Å². The number of halogens is 1. The summed E-state index contributed by atoms with van der Waals surface area (Å²) in [6.45, 7) is 0. The molecule has 9 nitrogen and oxygen atoms in total. The van der Waals surface area contributed by atoms with E-state index in [1.807, 2.05) is 0 Å². The molecule has 2 rings (SSSR count). The van der Waals surface area contributed by atoms with Gasteiger partial charge in [-0.25, -0.2) is 0 Å². The van der Waals surface area contributed by atoms with Gasteiger partial charge in [-0.2, -0.15) is 4.39 Å². The maximum absolute atomic E-state index is 13.4. The molecule has 1 unspecified atom stereocenters. The predicted molar refractivity (Wildman–Crippen MR) is 67.7 cm³/mol. The molecule has 1 aliphatic rings. The third-order valence-corrected chi connectivity index (χ3v) is 4.16. The Hall–Kier alpha value is -1.29. The quantitative estimate of drug-likeness (QED) is 0.430. The summed E-state index contributed by atoms with van der Waals surface area (Å²) in [7, 11) is -4.90. The first-order chi connectivity index (χ1) is 9.62. The van der Waals surface area contributed by atoms with Gasteiger partial charge in [-0.3, -0.25) is 13.9 Å². The van der Waals surface area contributed by atoms with Crippen LogP contribution in [-0.4, -0.2) is 42.6 Å². The van der Waals surface area contributed by atoms with Crippen LogP contribution in [0.1, 0.15) is 12.6 Å². The van der Waals surface area contributed by atoms with Gasteiger partial charge in [0.15, 0.2) is 5.85 Å². The van der Waals surface area contributed by atoms with Crippen LogP contribution >= 0.6 is 7.60 Å². The van der Waals surface area contributed by atoms with Crippen molar-refractivity contribution in [3.05, 3.63) is 28.4 Å². The summed E-state index contributed by atoms with van der Waals surface area (Å²) in [4.78, 5) is 29.4. The Balaban J connectivity index is 2.28. The number of ether oxygens (including phenoxy) is 1. The number of aliphatic hydroxyl groups is 2. The standard InChI is InChI=1S/C10H14FN2O7P/c11-7-4(12)1-2-13(9(7)15)6-3-5(14)8(20-6)10(16)21(17,18)19/h1-2,5-6,8,10,14,16H,3,12H2,(H2,17,18,19)/t5-,6-,8-,10?/m0/s1. The Morgan fingerprint density at radius 1 is 1.52 bits per heavy atom. The number of nitrogens with two attached hydrogens (primary N) is 1. The molecule has 1 saturated heterocycles. The second-order valence-corrected chi connectivity index (χ2v) is 6.37. The van der Waals surface area contributed by atoms with E-state index in [4.69, 9.17) is 20.3 Å². The summed E-state index contributed by atoms with van der Waals surface area (Å²) in [6, 6.07) is 1.11. The molecular weight excluding hydrogens is 310 g/mol. The highest BCUT2D eigenvalue weighted by atomic mass is 31.2. The second kappa shape index (κ2) is 5.48. The van der Waals surface area contributed by atoms with E-state index in [2.05, 4.69) is 0 Å². The molecule has 0 saturated carbocycles. The summed E-state index contributed by atoms with van der Waals surface area (Å²) in [6.07, 6.45) is -3.31. The molecule has 0 bridgehead atoms. The molecule has 21 heavy (non-hydrogen) atoms. The summed E-state index contributed by atoms with van der Waals surface area (Å²) in [5.41, 5.74) is 3.77. The van der Waals surface area contributed by atoms with Crippen LogP contribution < -0.4 is 11.3 Å². The summed E-state index contributed by atoms with van der Waals surface area (Å²) < 4.78 is 30.3.